The number of nitrogens with two attached hydrogens (primary N) is 1. The van der Waals surface area contributed by atoms with Gasteiger partial charge in [-0.25, -0.2) is 14.3 Å². The minimum absolute atomic E-state index is 0.420. The highest BCUT2D eigenvalue weighted by molar-refractivity contribution is 5.91. The van der Waals surface area contributed by atoms with Crippen molar-refractivity contribution in [2.24, 2.45) is 0 Å². The Morgan fingerprint density at radius 2 is 1.95 bits per heavy atom. The maximum atomic E-state index is 12.2. The number of benzene rings is 1. The summed E-state index contributed by atoms with van der Waals surface area (Å²) in [5.41, 5.74) is 8.32. The Morgan fingerprint density at radius 3 is 2.53 bits per heavy atom. The molecule has 0 bridgehead atoms. The molecule has 2 aromatic rings. The van der Waals surface area contributed by atoms with Gasteiger partial charge in [0.05, 0.1) is 11.0 Å². The first-order valence-corrected chi connectivity index (χ1v) is 6.18. The first-order chi connectivity index (χ1) is 8.70. The molecule has 0 saturated heterocycles. The van der Waals surface area contributed by atoms with Crippen molar-refractivity contribution in [2.45, 2.75) is 40.2 Å². The van der Waals surface area contributed by atoms with Crippen LogP contribution in [-0.4, -0.2) is 21.2 Å². The molecule has 0 aliphatic rings. The fourth-order valence-corrected chi connectivity index (χ4v) is 1.95. The number of fused-ring (bicyclic) bond motifs is 1. The summed E-state index contributed by atoms with van der Waals surface area (Å²) in [5.74, 6) is 0.595. The van der Waals surface area contributed by atoms with Crippen molar-refractivity contribution < 1.29 is 9.53 Å². The number of hydrogen-bond donors (Lipinski definition) is 1. The number of carbonyl (C=O) groups is 1. The summed E-state index contributed by atoms with van der Waals surface area (Å²) >= 11 is 0. The molecule has 5 heteroatoms. The molecular formula is C14H19N3O2. The smallest absolute Gasteiger partial charge is 0.420 e. The van der Waals surface area contributed by atoms with Crippen LogP contribution in [0.4, 0.5) is 10.5 Å². The van der Waals surface area contributed by atoms with Crippen molar-refractivity contribution in [2.75, 3.05) is 5.73 Å². The van der Waals surface area contributed by atoms with Crippen LogP contribution in [0.25, 0.3) is 11.0 Å². The minimum Gasteiger partial charge on any atom is -0.443 e. The first-order valence-electron chi connectivity index (χ1n) is 6.18. The summed E-state index contributed by atoms with van der Waals surface area (Å²) < 4.78 is 6.87. The third-order valence-electron chi connectivity index (χ3n) is 2.87. The zero-order valence-electron chi connectivity index (χ0n) is 11.9. The molecule has 0 saturated carbocycles. The second kappa shape index (κ2) is 4.26. The van der Waals surface area contributed by atoms with E-state index in [4.69, 9.17) is 10.5 Å². The maximum absolute atomic E-state index is 12.2. The normalized spacial score (nSPS) is 11.8. The predicted octanol–water partition coefficient (Wildman–Crippen LogP) is 3.02. The number of imidazole rings is 1. The largest absolute Gasteiger partial charge is 0.443 e. The van der Waals surface area contributed by atoms with Gasteiger partial charge in [0.1, 0.15) is 11.4 Å². The average molecular weight is 261 g/mol. The summed E-state index contributed by atoms with van der Waals surface area (Å²) in [6.45, 7) is 9.18. The molecule has 0 aliphatic heterocycles. The van der Waals surface area contributed by atoms with Gasteiger partial charge in [-0.1, -0.05) is 0 Å². The van der Waals surface area contributed by atoms with Gasteiger partial charge >= 0.3 is 6.09 Å². The van der Waals surface area contributed by atoms with Crippen LogP contribution in [0, 0.1) is 13.8 Å². The number of aromatic nitrogens is 2. The third kappa shape index (κ3) is 2.41. The molecule has 1 aromatic heterocycles. The van der Waals surface area contributed by atoms with Gasteiger partial charge < -0.3 is 10.5 Å². The Bertz CT molecular complexity index is 651. The number of carbonyl (C=O) groups excluding carboxylic acids is 1. The van der Waals surface area contributed by atoms with Crippen LogP contribution in [0.15, 0.2) is 12.1 Å². The molecule has 0 amide bonds. The van der Waals surface area contributed by atoms with Crippen molar-refractivity contribution in [3.05, 3.63) is 23.5 Å². The van der Waals surface area contributed by atoms with E-state index < -0.39 is 11.7 Å². The Balaban J connectivity index is 2.59. The molecule has 19 heavy (non-hydrogen) atoms. The molecule has 2 N–H and O–H groups in total. The molecule has 0 spiro atoms. The zero-order chi connectivity index (χ0) is 14.4. The minimum atomic E-state index is -0.539. The molecule has 0 radical (unpaired) electrons. The Kier molecular flexibility index (Phi) is 3.00. The number of aryl methyl sites for hydroxylation is 2. The summed E-state index contributed by atoms with van der Waals surface area (Å²) in [5, 5.41) is 0. The van der Waals surface area contributed by atoms with Gasteiger partial charge in [0, 0.05) is 5.69 Å². The van der Waals surface area contributed by atoms with Gasteiger partial charge in [-0.2, -0.15) is 0 Å². The summed E-state index contributed by atoms with van der Waals surface area (Å²) in [6, 6.07) is 3.57. The van der Waals surface area contributed by atoms with E-state index >= 15 is 0 Å². The highest BCUT2D eigenvalue weighted by Crippen LogP contribution is 2.24. The van der Waals surface area contributed by atoms with Crippen LogP contribution in [0.2, 0.25) is 0 Å². The molecule has 1 aromatic carbocycles. The van der Waals surface area contributed by atoms with Crippen molar-refractivity contribution in [1.82, 2.24) is 9.55 Å². The number of nitrogens with zero attached hydrogens (tertiary/aromatic N) is 2. The monoisotopic (exact) mass is 261 g/mol. The van der Waals surface area contributed by atoms with Crippen LogP contribution in [0.1, 0.15) is 32.2 Å². The second-order valence-corrected chi connectivity index (χ2v) is 5.62. The summed E-state index contributed by atoms with van der Waals surface area (Å²) in [7, 11) is 0. The molecule has 102 valence electrons. The van der Waals surface area contributed by atoms with Crippen LogP contribution >= 0.6 is 0 Å². The van der Waals surface area contributed by atoms with Crippen LogP contribution < -0.4 is 5.73 Å². The van der Waals surface area contributed by atoms with E-state index in [9.17, 15) is 4.79 Å². The highest BCUT2D eigenvalue weighted by Gasteiger charge is 2.22. The van der Waals surface area contributed by atoms with Crippen molar-refractivity contribution in [3.8, 4) is 0 Å². The van der Waals surface area contributed by atoms with E-state index in [0.717, 1.165) is 16.6 Å². The summed E-state index contributed by atoms with van der Waals surface area (Å²) in [6.07, 6.45) is -0.420. The van der Waals surface area contributed by atoms with Gasteiger partial charge in [0.15, 0.2) is 0 Å². The lowest BCUT2D eigenvalue weighted by molar-refractivity contribution is 0.0540. The Morgan fingerprint density at radius 1 is 1.32 bits per heavy atom. The maximum Gasteiger partial charge on any atom is 0.420 e. The highest BCUT2D eigenvalue weighted by atomic mass is 16.6. The molecule has 0 aliphatic carbocycles. The van der Waals surface area contributed by atoms with Gasteiger partial charge in [0.25, 0.3) is 0 Å². The number of rotatable bonds is 0. The lowest BCUT2D eigenvalue weighted by atomic mass is 10.1. The fourth-order valence-electron chi connectivity index (χ4n) is 1.95. The van der Waals surface area contributed by atoms with E-state index in [1.165, 1.54) is 4.57 Å². The van der Waals surface area contributed by atoms with E-state index in [1.54, 1.807) is 19.1 Å². The third-order valence-corrected chi connectivity index (χ3v) is 2.87. The average Bonchev–Trinajstić information content (AvgIpc) is 2.58. The first kappa shape index (κ1) is 13.4. The lowest BCUT2D eigenvalue weighted by Gasteiger charge is -2.20. The topological polar surface area (TPSA) is 70.1 Å². The van der Waals surface area contributed by atoms with Gasteiger partial charge in [-0.15, -0.1) is 0 Å². The number of hydrogen-bond acceptors (Lipinski definition) is 4. The Labute approximate surface area is 112 Å². The van der Waals surface area contributed by atoms with E-state index in [2.05, 4.69) is 4.98 Å². The molecule has 2 rings (SSSR count). The van der Waals surface area contributed by atoms with Crippen molar-refractivity contribution >= 4 is 22.8 Å². The molecule has 0 atom stereocenters. The van der Waals surface area contributed by atoms with Gasteiger partial charge in [-0.05, 0) is 52.3 Å². The predicted molar refractivity (Wildman–Crippen MR) is 75.3 cm³/mol. The van der Waals surface area contributed by atoms with Gasteiger partial charge in [-0.3, -0.25) is 0 Å². The van der Waals surface area contributed by atoms with E-state index in [1.807, 2.05) is 27.7 Å². The molecule has 0 unspecified atom stereocenters. The second-order valence-electron chi connectivity index (χ2n) is 5.62. The molecule has 0 fully saturated rings. The quantitative estimate of drug-likeness (QED) is 0.740. The molecule has 5 nitrogen and oxygen atoms in total. The standard InChI is InChI=1S/C14H19N3O2/c1-8-10(15)6-7-11-12(8)16-9(2)17(11)13(18)19-14(3,4)5/h6-7H,15H2,1-5H3. The number of anilines is 1. The number of nitrogen functional groups attached to an aromatic ring is 1. The SMILES string of the molecule is Cc1c(N)ccc2c1nc(C)n2C(=O)OC(C)(C)C. The molecule has 1 heterocycles. The van der Waals surface area contributed by atoms with Crippen LogP contribution in [0.3, 0.4) is 0 Å². The summed E-state index contributed by atoms with van der Waals surface area (Å²) in [4.78, 5) is 16.6. The zero-order valence-corrected chi connectivity index (χ0v) is 11.9. The van der Waals surface area contributed by atoms with E-state index in [0.29, 0.717) is 11.5 Å². The fraction of sp³-hybridized carbons (Fsp3) is 0.429. The lowest BCUT2D eigenvalue weighted by Crippen LogP contribution is -2.27. The van der Waals surface area contributed by atoms with Crippen LogP contribution in [0.5, 0.6) is 0 Å². The van der Waals surface area contributed by atoms with Gasteiger partial charge in [0.2, 0.25) is 0 Å². The number of ether oxygens (including phenoxy) is 1. The van der Waals surface area contributed by atoms with Crippen molar-refractivity contribution in [3.63, 3.8) is 0 Å². The van der Waals surface area contributed by atoms with Crippen LogP contribution in [-0.2, 0) is 4.74 Å². The van der Waals surface area contributed by atoms with E-state index in [-0.39, 0.29) is 0 Å². The molecular weight excluding hydrogens is 242 g/mol. The Hall–Kier alpha value is -2.04. The van der Waals surface area contributed by atoms with Crippen molar-refractivity contribution in [1.29, 1.82) is 0 Å².